The number of carbonyl (C=O) groups is 1. The van der Waals surface area contributed by atoms with Crippen LogP contribution < -0.4 is 15.0 Å². The molecule has 7 nitrogen and oxygen atoms in total. The molecule has 0 bridgehead atoms. The lowest BCUT2D eigenvalue weighted by atomic mass is 9.89. The molecule has 0 aliphatic heterocycles. The maximum atomic E-state index is 13.1. The lowest BCUT2D eigenvalue weighted by molar-refractivity contribution is 0.0950. The standard InChI is InChI=1S/C24H36ClN5O2/c1-7-30(19-10-8-18(9-11-19)29(4)5)22-13-17(25)12-20(15(22)2)23(31)26-14-21-16(3)27-28-24(21)32-6/h12-13,18-19H,7-11,14H2,1-6H3,(H,26,31)(H,27,28)/t18-,19-. The summed E-state index contributed by atoms with van der Waals surface area (Å²) in [7, 11) is 5.89. The number of aromatic nitrogens is 2. The summed E-state index contributed by atoms with van der Waals surface area (Å²) in [5.74, 6) is 0.345. The molecule has 0 atom stereocenters. The van der Waals surface area contributed by atoms with Gasteiger partial charge in [0, 0.05) is 40.6 Å². The van der Waals surface area contributed by atoms with Gasteiger partial charge in [0.15, 0.2) is 0 Å². The van der Waals surface area contributed by atoms with Gasteiger partial charge >= 0.3 is 0 Å². The van der Waals surface area contributed by atoms with Gasteiger partial charge in [-0.15, -0.1) is 5.10 Å². The molecule has 0 spiro atoms. The van der Waals surface area contributed by atoms with Gasteiger partial charge in [0.05, 0.1) is 19.2 Å². The molecule has 1 fully saturated rings. The maximum Gasteiger partial charge on any atom is 0.251 e. The van der Waals surface area contributed by atoms with Crippen molar-refractivity contribution >= 4 is 23.2 Å². The van der Waals surface area contributed by atoms with E-state index in [1.54, 1.807) is 13.2 Å². The molecule has 1 aromatic carbocycles. The van der Waals surface area contributed by atoms with Gasteiger partial charge in [0.25, 0.3) is 5.91 Å². The Morgan fingerprint density at radius 2 is 1.88 bits per heavy atom. The van der Waals surface area contributed by atoms with Crippen molar-refractivity contribution in [2.24, 2.45) is 0 Å². The molecule has 0 radical (unpaired) electrons. The Labute approximate surface area is 196 Å². The van der Waals surface area contributed by atoms with Crippen LogP contribution in [0.25, 0.3) is 0 Å². The fraction of sp³-hybridized carbons (Fsp3) is 0.583. The van der Waals surface area contributed by atoms with Crippen molar-refractivity contribution in [2.45, 2.75) is 65.1 Å². The summed E-state index contributed by atoms with van der Waals surface area (Å²) in [5.41, 5.74) is 4.33. The SMILES string of the molecule is CCN(c1cc(Cl)cc(C(=O)NCc2c(OC)n[nH]c2C)c1C)[C@H]1CC[C@H](N(C)C)CC1. The van der Waals surface area contributed by atoms with Gasteiger partial charge in [-0.05, 0) is 78.2 Å². The van der Waals surface area contributed by atoms with Gasteiger partial charge in [-0.2, -0.15) is 0 Å². The first-order valence-corrected chi connectivity index (χ1v) is 11.7. The Bertz CT molecular complexity index is 935. The van der Waals surface area contributed by atoms with Crippen molar-refractivity contribution in [1.29, 1.82) is 0 Å². The predicted octanol–water partition coefficient (Wildman–Crippen LogP) is 4.32. The lowest BCUT2D eigenvalue weighted by Crippen LogP contribution is -2.42. The van der Waals surface area contributed by atoms with Crippen molar-refractivity contribution in [3.8, 4) is 5.88 Å². The van der Waals surface area contributed by atoms with Gasteiger partial charge in [-0.3, -0.25) is 9.89 Å². The number of carbonyl (C=O) groups excluding carboxylic acids is 1. The topological polar surface area (TPSA) is 73.5 Å². The predicted molar refractivity (Wildman–Crippen MR) is 130 cm³/mol. The van der Waals surface area contributed by atoms with E-state index < -0.39 is 0 Å². The number of hydrogen-bond acceptors (Lipinski definition) is 5. The molecule has 1 aromatic heterocycles. The monoisotopic (exact) mass is 461 g/mol. The van der Waals surface area contributed by atoms with Gasteiger partial charge in [-0.25, -0.2) is 0 Å². The highest BCUT2D eigenvalue weighted by molar-refractivity contribution is 6.31. The van der Waals surface area contributed by atoms with Crippen LogP contribution in [0.4, 0.5) is 5.69 Å². The van der Waals surface area contributed by atoms with Gasteiger partial charge in [-0.1, -0.05) is 11.6 Å². The summed E-state index contributed by atoms with van der Waals surface area (Å²) in [5, 5.41) is 10.6. The quantitative estimate of drug-likeness (QED) is 0.612. The zero-order chi connectivity index (χ0) is 23.4. The Kier molecular flexibility index (Phi) is 8.06. The van der Waals surface area contributed by atoms with Crippen LogP contribution in [-0.4, -0.2) is 60.8 Å². The largest absolute Gasteiger partial charge is 0.480 e. The summed E-state index contributed by atoms with van der Waals surface area (Å²) in [6.07, 6.45) is 4.66. The number of nitrogens with one attached hydrogen (secondary N) is 2. The normalized spacial score (nSPS) is 18.6. The van der Waals surface area contributed by atoms with Gasteiger partial charge in [0.1, 0.15) is 0 Å². The Morgan fingerprint density at radius 3 is 2.47 bits per heavy atom. The number of benzene rings is 1. The van der Waals surface area contributed by atoms with E-state index in [0.717, 1.165) is 41.9 Å². The molecule has 1 aliphatic carbocycles. The van der Waals surface area contributed by atoms with E-state index in [1.807, 2.05) is 19.9 Å². The number of hydrogen-bond donors (Lipinski definition) is 2. The van der Waals surface area contributed by atoms with Crippen LogP contribution in [0.1, 0.15) is 59.8 Å². The Hall–Kier alpha value is -2.25. The smallest absolute Gasteiger partial charge is 0.251 e. The van der Waals surface area contributed by atoms with E-state index in [0.29, 0.717) is 35.1 Å². The number of methoxy groups -OCH3 is 1. The lowest BCUT2D eigenvalue weighted by Gasteiger charge is -2.40. The molecule has 0 saturated heterocycles. The van der Waals surface area contributed by atoms with E-state index >= 15 is 0 Å². The fourth-order valence-electron chi connectivity index (χ4n) is 4.78. The van der Waals surface area contributed by atoms with E-state index in [9.17, 15) is 4.79 Å². The third-order valence-electron chi connectivity index (χ3n) is 6.73. The van der Waals surface area contributed by atoms with Crippen LogP contribution in [0.3, 0.4) is 0 Å². The molecule has 2 N–H and O–H groups in total. The number of ether oxygens (including phenoxy) is 1. The van der Waals surface area contributed by atoms with Crippen LogP contribution in [0, 0.1) is 13.8 Å². The number of nitrogens with zero attached hydrogens (tertiary/aromatic N) is 3. The van der Waals surface area contributed by atoms with Crippen LogP contribution in [0.2, 0.25) is 5.02 Å². The minimum Gasteiger partial charge on any atom is -0.480 e. The van der Waals surface area contributed by atoms with E-state index in [1.165, 1.54) is 12.8 Å². The number of H-pyrrole nitrogens is 1. The average Bonchev–Trinajstić information content (AvgIpc) is 3.14. The molecular formula is C24H36ClN5O2. The third-order valence-corrected chi connectivity index (χ3v) is 6.95. The Balaban J connectivity index is 1.79. The molecular weight excluding hydrogens is 426 g/mol. The Morgan fingerprint density at radius 1 is 1.22 bits per heavy atom. The summed E-state index contributed by atoms with van der Waals surface area (Å²) < 4.78 is 5.28. The van der Waals surface area contributed by atoms with Gasteiger partial charge in [0.2, 0.25) is 5.88 Å². The summed E-state index contributed by atoms with van der Waals surface area (Å²) in [6, 6.07) is 4.86. The summed E-state index contributed by atoms with van der Waals surface area (Å²) >= 11 is 6.50. The highest BCUT2D eigenvalue weighted by Gasteiger charge is 2.28. The number of aryl methyl sites for hydroxylation is 1. The third kappa shape index (κ3) is 5.21. The minimum atomic E-state index is -0.152. The fourth-order valence-corrected chi connectivity index (χ4v) is 4.99. The zero-order valence-electron chi connectivity index (χ0n) is 20.1. The number of amides is 1. The molecule has 1 saturated carbocycles. The molecule has 1 heterocycles. The first-order chi connectivity index (χ1) is 15.3. The second kappa shape index (κ2) is 10.6. The second-order valence-electron chi connectivity index (χ2n) is 8.83. The number of anilines is 1. The molecule has 1 amide bonds. The molecule has 1 aliphatic rings. The van der Waals surface area contributed by atoms with Crippen molar-refractivity contribution in [2.75, 3.05) is 32.6 Å². The van der Waals surface area contributed by atoms with Crippen LogP contribution in [-0.2, 0) is 6.54 Å². The van der Waals surface area contributed by atoms with Crippen molar-refractivity contribution in [1.82, 2.24) is 20.4 Å². The minimum absolute atomic E-state index is 0.152. The highest BCUT2D eigenvalue weighted by Crippen LogP contribution is 2.34. The molecule has 3 rings (SSSR count). The first kappa shape index (κ1) is 24.4. The van der Waals surface area contributed by atoms with E-state index in [4.69, 9.17) is 16.3 Å². The number of aromatic amines is 1. The van der Waals surface area contributed by atoms with E-state index in [-0.39, 0.29) is 5.91 Å². The number of halogens is 1. The number of rotatable bonds is 8. The molecule has 2 aromatic rings. The molecule has 8 heteroatoms. The van der Waals surface area contributed by atoms with E-state index in [2.05, 4.69) is 46.3 Å². The summed E-state index contributed by atoms with van der Waals surface area (Å²) in [6.45, 7) is 7.30. The molecule has 32 heavy (non-hydrogen) atoms. The van der Waals surface area contributed by atoms with Gasteiger partial charge < -0.3 is 19.9 Å². The van der Waals surface area contributed by atoms with Crippen molar-refractivity contribution in [3.63, 3.8) is 0 Å². The second-order valence-corrected chi connectivity index (χ2v) is 9.26. The highest BCUT2D eigenvalue weighted by atomic mass is 35.5. The summed E-state index contributed by atoms with van der Waals surface area (Å²) in [4.78, 5) is 17.9. The van der Waals surface area contributed by atoms with Crippen molar-refractivity contribution in [3.05, 3.63) is 39.5 Å². The van der Waals surface area contributed by atoms with Crippen LogP contribution >= 0.6 is 11.6 Å². The molecule has 176 valence electrons. The maximum absolute atomic E-state index is 13.1. The zero-order valence-corrected chi connectivity index (χ0v) is 20.8. The van der Waals surface area contributed by atoms with Crippen molar-refractivity contribution < 1.29 is 9.53 Å². The van der Waals surface area contributed by atoms with Crippen LogP contribution in [0.15, 0.2) is 12.1 Å². The van der Waals surface area contributed by atoms with Crippen LogP contribution in [0.5, 0.6) is 5.88 Å². The average molecular weight is 462 g/mol. The molecule has 0 unspecified atom stereocenters. The first-order valence-electron chi connectivity index (χ1n) is 11.4.